The zero-order chi connectivity index (χ0) is 13.1. The fraction of sp³-hybridized carbons (Fsp3) is 0.714. The van der Waals surface area contributed by atoms with Crippen molar-refractivity contribution < 1.29 is 0 Å². The Bertz CT molecular complexity index is 395. The number of anilines is 1. The Balaban J connectivity index is 2.15. The summed E-state index contributed by atoms with van der Waals surface area (Å²) in [5.74, 6) is 2.36. The topological polar surface area (TPSA) is 41.1 Å². The van der Waals surface area contributed by atoms with Gasteiger partial charge in [0.1, 0.15) is 0 Å². The molecule has 4 heteroatoms. The van der Waals surface area contributed by atoms with E-state index in [4.69, 9.17) is 0 Å². The van der Waals surface area contributed by atoms with Gasteiger partial charge in [-0.15, -0.1) is 0 Å². The summed E-state index contributed by atoms with van der Waals surface area (Å²) in [6, 6.07) is 2.06. The average molecular weight is 248 g/mol. The fourth-order valence-electron chi connectivity index (χ4n) is 2.39. The highest BCUT2D eigenvalue weighted by molar-refractivity contribution is 5.34. The van der Waals surface area contributed by atoms with E-state index in [0.29, 0.717) is 0 Å². The minimum absolute atomic E-state index is 0.728. The van der Waals surface area contributed by atoms with Gasteiger partial charge in [-0.1, -0.05) is 20.8 Å². The van der Waals surface area contributed by atoms with Crippen molar-refractivity contribution in [1.29, 1.82) is 0 Å². The van der Waals surface area contributed by atoms with Crippen molar-refractivity contribution in [3.8, 4) is 0 Å². The van der Waals surface area contributed by atoms with Crippen LogP contribution in [-0.2, 0) is 6.54 Å². The van der Waals surface area contributed by atoms with Crippen molar-refractivity contribution in [2.75, 3.05) is 24.5 Å². The summed E-state index contributed by atoms with van der Waals surface area (Å²) in [5.41, 5.74) is 2.15. The molecule has 0 aromatic carbocycles. The first-order valence-corrected chi connectivity index (χ1v) is 6.90. The summed E-state index contributed by atoms with van der Waals surface area (Å²) in [5, 5.41) is 3.32. The van der Waals surface area contributed by atoms with E-state index in [9.17, 15) is 0 Å². The third kappa shape index (κ3) is 2.99. The average Bonchev–Trinajstić information content (AvgIpc) is 2.66. The van der Waals surface area contributed by atoms with Gasteiger partial charge in [0.05, 0.1) is 5.69 Å². The van der Waals surface area contributed by atoms with Crippen molar-refractivity contribution in [2.24, 2.45) is 11.8 Å². The van der Waals surface area contributed by atoms with Crippen LogP contribution < -0.4 is 10.2 Å². The predicted octanol–water partition coefficient (Wildman–Crippen LogP) is 1.99. The van der Waals surface area contributed by atoms with Crippen molar-refractivity contribution in [1.82, 2.24) is 15.3 Å². The molecule has 0 aliphatic carbocycles. The SMILES string of the molecule is CCNCc1cc(C)nc(N2CC(C)C(C)C2)n1. The van der Waals surface area contributed by atoms with Crippen molar-refractivity contribution in [2.45, 2.75) is 34.2 Å². The molecule has 1 aliphatic heterocycles. The lowest BCUT2D eigenvalue weighted by molar-refractivity contribution is 0.494. The number of hydrogen-bond donors (Lipinski definition) is 1. The van der Waals surface area contributed by atoms with E-state index < -0.39 is 0 Å². The summed E-state index contributed by atoms with van der Waals surface area (Å²) < 4.78 is 0. The Hall–Kier alpha value is -1.16. The van der Waals surface area contributed by atoms with Gasteiger partial charge in [-0.25, -0.2) is 9.97 Å². The fourth-order valence-corrected chi connectivity index (χ4v) is 2.39. The second-order valence-corrected chi connectivity index (χ2v) is 5.44. The van der Waals surface area contributed by atoms with Crippen LogP contribution in [0.2, 0.25) is 0 Å². The molecule has 2 unspecified atom stereocenters. The molecule has 2 rings (SSSR count). The molecular weight excluding hydrogens is 224 g/mol. The van der Waals surface area contributed by atoms with E-state index in [1.807, 2.05) is 6.92 Å². The second kappa shape index (κ2) is 5.65. The summed E-state index contributed by atoms with van der Waals surface area (Å²) in [4.78, 5) is 11.6. The number of nitrogens with zero attached hydrogens (tertiary/aromatic N) is 3. The van der Waals surface area contributed by atoms with Crippen LogP contribution in [0.1, 0.15) is 32.2 Å². The molecule has 4 nitrogen and oxygen atoms in total. The van der Waals surface area contributed by atoms with Gasteiger partial charge in [-0.2, -0.15) is 0 Å². The zero-order valence-corrected chi connectivity index (χ0v) is 11.9. The van der Waals surface area contributed by atoms with Gasteiger partial charge in [0.15, 0.2) is 0 Å². The Morgan fingerprint density at radius 1 is 1.28 bits per heavy atom. The van der Waals surface area contributed by atoms with Crippen molar-refractivity contribution in [3.05, 3.63) is 17.5 Å². The van der Waals surface area contributed by atoms with E-state index in [-0.39, 0.29) is 0 Å². The molecule has 0 saturated carbocycles. The molecule has 18 heavy (non-hydrogen) atoms. The molecule has 0 spiro atoms. The maximum absolute atomic E-state index is 4.67. The quantitative estimate of drug-likeness (QED) is 0.884. The lowest BCUT2D eigenvalue weighted by atomic mass is 10.0. The minimum Gasteiger partial charge on any atom is -0.340 e. The predicted molar refractivity (Wildman–Crippen MR) is 74.7 cm³/mol. The normalized spacial score (nSPS) is 23.7. The lowest BCUT2D eigenvalue weighted by Gasteiger charge is -2.17. The first-order chi connectivity index (χ1) is 8.60. The molecule has 0 amide bonds. The van der Waals surface area contributed by atoms with Crippen LogP contribution in [0.4, 0.5) is 5.95 Å². The van der Waals surface area contributed by atoms with E-state index in [1.54, 1.807) is 0 Å². The number of nitrogens with one attached hydrogen (secondary N) is 1. The lowest BCUT2D eigenvalue weighted by Crippen LogP contribution is -2.23. The number of hydrogen-bond acceptors (Lipinski definition) is 4. The summed E-state index contributed by atoms with van der Waals surface area (Å²) >= 11 is 0. The maximum Gasteiger partial charge on any atom is 0.225 e. The van der Waals surface area contributed by atoms with E-state index in [0.717, 1.165) is 55.4 Å². The van der Waals surface area contributed by atoms with Crippen LogP contribution in [0, 0.1) is 18.8 Å². The molecule has 1 aliphatic rings. The highest BCUT2D eigenvalue weighted by Crippen LogP contribution is 2.25. The third-order valence-corrected chi connectivity index (χ3v) is 3.72. The van der Waals surface area contributed by atoms with Crippen LogP contribution in [0.5, 0.6) is 0 Å². The summed E-state index contributed by atoms with van der Waals surface area (Å²) in [7, 11) is 0. The van der Waals surface area contributed by atoms with Gasteiger partial charge < -0.3 is 10.2 Å². The first kappa shape index (κ1) is 13.3. The van der Waals surface area contributed by atoms with Crippen LogP contribution in [0.25, 0.3) is 0 Å². The van der Waals surface area contributed by atoms with E-state index >= 15 is 0 Å². The Morgan fingerprint density at radius 3 is 2.56 bits per heavy atom. The van der Waals surface area contributed by atoms with Crippen LogP contribution in [0.3, 0.4) is 0 Å². The van der Waals surface area contributed by atoms with Crippen molar-refractivity contribution >= 4 is 5.95 Å². The highest BCUT2D eigenvalue weighted by atomic mass is 15.3. The van der Waals surface area contributed by atoms with Crippen LogP contribution >= 0.6 is 0 Å². The Labute approximate surface area is 110 Å². The maximum atomic E-state index is 4.67. The van der Waals surface area contributed by atoms with Gasteiger partial charge in [0.2, 0.25) is 5.95 Å². The number of aryl methyl sites for hydroxylation is 1. The van der Waals surface area contributed by atoms with E-state index in [1.165, 1.54) is 0 Å². The highest BCUT2D eigenvalue weighted by Gasteiger charge is 2.27. The van der Waals surface area contributed by atoms with Crippen molar-refractivity contribution in [3.63, 3.8) is 0 Å². The number of aromatic nitrogens is 2. The molecule has 1 N–H and O–H groups in total. The molecule has 0 bridgehead atoms. The summed E-state index contributed by atoms with van der Waals surface area (Å²) in [6.07, 6.45) is 0. The minimum atomic E-state index is 0.728. The van der Waals surface area contributed by atoms with Gasteiger partial charge in [0.25, 0.3) is 0 Å². The molecule has 1 aromatic heterocycles. The first-order valence-electron chi connectivity index (χ1n) is 6.90. The Morgan fingerprint density at radius 2 is 1.94 bits per heavy atom. The number of rotatable bonds is 4. The smallest absolute Gasteiger partial charge is 0.225 e. The van der Waals surface area contributed by atoms with Crippen LogP contribution in [0.15, 0.2) is 6.07 Å². The molecule has 100 valence electrons. The third-order valence-electron chi connectivity index (χ3n) is 3.72. The Kier molecular flexibility index (Phi) is 4.17. The van der Waals surface area contributed by atoms with Gasteiger partial charge in [-0.05, 0) is 31.4 Å². The van der Waals surface area contributed by atoms with Gasteiger partial charge in [0, 0.05) is 25.3 Å². The van der Waals surface area contributed by atoms with E-state index in [2.05, 4.69) is 47.0 Å². The van der Waals surface area contributed by atoms with Crippen LogP contribution in [-0.4, -0.2) is 29.6 Å². The molecule has 1 fully saturated rings. The molecule has 2 heterocycles. The molecule has 1 aromatic rings. The largest absolute Gasteiger partial charge is 0.340 e. The summed E-state index contributed by atoms with van der Waals surface area (Å²) in [6.45, 7) is 12.7. The molecule has 0 radical (unpaired) electrons. The molecular formula is C14H24N4. The molecule has 2 atom stereocenters. The molecule has 1 saturated heterocycles. The zero-order valence-electron chi connectivity index (χ0n) is 11.9. The monoisotopic (exact) mass is 248 g/mol. The second-order valence-electron chi connectivity index (χ2n) is 5.44. The van der Waals surface area contributed by atoms with Gasteiger partial charge in [-0.3, -0.25) is 0 Å². The van der Waals surface area contributed by atoms with Gasteiger partial charge >= 0.3 is 0 Å². The standard InChI is InChI=1S/C14H24N4/c1-5-15-7-13-6-12(4)16-14(17-13)18-8-10(2)11(3)9-18/h6,10-11,15H,5,7-9H2,1-4H3.